The highest BCUT2D eigenvalue weighted by molar-refractivity contribution is 5.82. The molecule has 0 saturated carbocycles. The second kappa shape index (κ2) is 10.1. The molecule has 0 radical (unpaired) electrons. The van der Waals surface area contributed by atoms with Gasteiger partial charge in [-0.1, -0.05) is 65.8 Å². The number of nitrogens with one attached hydrogen (secondary N) is 2. The molecule has 2 aromatic carbocycles. The zero-order valence-electron chi connectivity index (χ0n) is 20.0. The van der Waals surface area contributed by atoms with Crippen LogP contribution in [0.25, 0.3) is 0 Å². The quantitative estimate of drug-likeness (QED) is 0.500. The molecular weight excluding hydrogens is 404 g/mol. The number of hydrogen-bond acceptors (Lipinski definition) is 4. The Balaban J connectivity index is 1.81. The van der Waals surface area contributed by atoms with Gasteiger partial charge in [-0.05, 0) is 58.1 Å². The van der Waals surface area contributed by atoms with Gasteiger partial charge in [0.2, 0.25) is 11.8 Å². The van der Waals surface area contributed by atoms with Gasteiger partial charge in [0, 0.05) is 12.8 Å². The summed E-state index contributed by atoms with van der Waals surface area (Å²) in [5, 5.41) is 20.1. The largest absolute Gasteiger partial charge is 0.508 e. The molecule has 0 fully saturated rings. The summed E-state index contributed by atoms with van der Waals surface area (Å²) in [5.74, 6) is -0.0470. The maximum Gasteiger partial charge on any atom is 0.238 e. The highest BCUT2D eigenvalue weighted by atomic mass is 16.3. The van der Waals surface area contributed by atoms with Crippen LogP contribution >= 0.6 is 0 Å². The van der Waals surface area contributed by atoms with E-state index in [4.69, 9.17) is 0 Å². The van der Waals surface area contributed by atoms with E-state index in [9.17, 15) is 19.8 Å². The van der Waals surface area contributed by atoms with Gasteiger partial charge < -0.3 is 10.2 Å². The summed E-state index contributed by atoms with van der Waals surface area (Å²) < 4.78 is 0. The van der Waals surface area contributed by atoms with Crippen molar-refractivity contribution in [3.05, 3.63) is 58.7 Å². The van der Waals surface area contributed by atoms with E-state index < -0.39 is 0 Å². The highest BCUT2D eigenvalue weighted by Gasteiger charge is 2.19. The van der Waals surface area contributed by atoms with Crippen molar-refractivity contribution >= 4 is 11.8 Å². The van der Waals surface area contributed by atoms with Crippen LogP contribution in [0.1, 0.15) is 76.6 Å². The minimum atomic E-state index is -0.275. The van der Waals surface area contributed by atoms with Gasteiger partial charge in [-0.2, -0.15) is 0 Å². The lowest BCUT2D eigenvalue weighted by atomic mass is 9.85. The maximum atomic E-state index is 12.1. The van der Waals surface area contributed by atoms with Crippen LogP contribution in [0.3, 0.4) is 0 Å². The van der Waals surface area contributed by atoms with Crippen LogP contribution in [-0.2, 0) is 33.3 Å². The number of benzene rings is 2. The van der Waals surface area contributed by atoms with E-state index in [1.165, 1.54) is 0 Å². The van der Waals surface area contributed by atoms with Crippen LogP contribution < -0.4 is 10.9 Å². The Hall–Kier alpha value is -3.02. The normalized spacial score (nSPS) is 11.8. The van der Waals surface area contributed by atoms with Gasteiger partial charge >= 0.3 is 0 Å². The van der Waals surface area contributed by atoms with Crippen molar-refractivity contribution in [3.63, 3.8) is 0 Å². The van der Waals surface area contributed by atoms with E-state index in [0.717, 1.165) is 22.3 Å². The zero-order chi connectivity index (χ0) is 24.1. The van der Waals surface area contributed by atoms with E-state index in [1.807, 2.05) is 53.7 Å². The molecule has 0 spiro atoms. The van der Waals surface area contributed by atoms with Crippen molar-refractivity contribution in [1.29, 1.82) is 0 Å². The van der Waals surface area contributed by atoms with Gasteiger partial charge in [0.1, 0.15) is 11.5 Å². The number of aryl methyl sites for hydroxylation is 2. The van der Waals surface area contributed by atoms with Crippen molar-refractivity contribution in [3.8, 4) is 11.5 Å². The molecule has 174 valence electrons. The molecule has 0 saturated heterocycles. The van der Waals surface area contributed by atoms with Crippen LogP contribution in [0.15, 0.2) is 36.4 Å². The van der Waals surface area contributed by atoms with E-state index in [2.05, 4.69) is 10.9 Å². The van der Waals surface area contributed by atoms with Crippen LogP contribution in [-0.4, -0.2) is 22.0 Å². The highest BCUT2D eigenvalue weighted by Crippen LogP contribution is 2.32. The van der Waals surface area contributed by atoms with E-state index in [1.54, 1.807) is 24.3 Å². The number of phenolic OH excluding ortho intramolecular Hbond substituents is 2. The lowest BCUT2D eigenvalue weighted by Gasteiger charge is -2.21. The lowest BCUT2D eigenvalue weighted by molar-refractivity contribution is -0.128. The van der Waals surface area contributed by atoms with Crippen molar-refractivity contribution in [1.82, 2.24) is 10.9 Å². The van der Waals surface area contributed by atoms with E-state index in [0.29, 0.717) is 12.8 Å². The number of hydrazine groups is 1. The molecule has 0 unspecified atom stereocenters. The summed E-state index contributed by atoms with van der Waals surface area (Å²) in [4.78, 5) is 24.3. The first-order valence-electron chi connectivity index (χ1n) is 11.0. The average molecular weight is 441 g/mol. The summed E-state index contributed by atoms with van der Waals surface area (Å²) in [7, 11) is 0. The third kappa shape index (κ3) is 7.29. The van der Waals surface area contributed by atoms with Gasteiger partial charge in [-0.25, -0.2) is 0 Å². The monoisotopic (exact) mass is 440 g/mol. The lowest BCUT2D eigenvalue weighted by Crippen LogP contribution is -2.41. The molecule has 2 amide bonds. The number of rotatable bonds is 6. The Morgan fingerprint density at radius 1 is 0.688 bits per heavy atom. The fraction of sp³-hybridized carbons (Fsp3) is 0.462. The van der Waals surface area contributed by atoms with Crippen LogP contribution in [0.5, 0.6) is 11.5 Å². The molecule has 0 aromatic heterocycles. The fourth-order valence-corrected chi connectivity index (χ4v) is 3.46. The molecule has 0 atom stereocenters. The SMILES string of the molecule is CC(C)(C)c1cc(CCC(=O)NNC(=O)CCc2ccc(O)c(C(C)(C)C)c2)ccc1O. The minimum absolute atomic E-state index is 0.193. The van der Waals surface area contributed by atoms with Crippen LogP contribution in [0.2, 0.25) is 0 Å². The standard InChI is InChI=1S/C26H36N2O4/c1-25(2,3)19-15-17(7-11-21(19)29)9-13-23(31)27-28-24(32)14-10-18-8-12-22(30)20(16-18)26(4,5)6/h7-8,11-12,15-16,29-30H,9-10,13-14H2,1-6H3,(H,27,31)(H,28,32). The molecule has 6 nitrogen and oxygen atoms in total. The fourth-order valence-electron chi connectivity index (χ4n) is 3.46. The number of hydrogen-bond donors (Lipinski definition) is 4. The Labute approximate surface area is 191 Å². The predicted octanol–water partition coefficient (Wildman–Crippen LogP) is 4.41. The summed E-state index contributed by atoms with van der Waals surface area (Å²) in [6.45, 7) is 12.1. The van der Waals surface area contributed by atoms with Crippen molar-refractivity contribution in [2.45, 2.75) is 78.1 Å². The number of amides is 2. The first kappa shape index (κ1) is 25.2. The predicted molar refractivity (Wildman–Crippen MR) is 127 cm³/mol. The Bertz CT molecular complexity index is 889. The topological polar surface area (TPSA) is 98.7 Å². The van der Waals surface area contributed by atoms with Crippen LogP contribution in [0.4, 0.5) is 0 Å². The molecule has 2 aromatic rings. The first-order chi connectivity index (χ1) is 14.8. The molecule has 6 heteroatoms. The molecule has 0 aliphatic rings. The summed E-state index contributed by atoms with van der Waals surface area (Å²) in [6, 6.07) is 10.8. The Morgan fingerprint density at radius 2 is 1.03 bits per heavy atom. The van der Waals surface area contributed by atoms with E-state index in [-0.39, 0.29) is 47.0 Å². The second-order valence-corrected chi connectivity index (χ2v) is 10.3. The third-order valence-corrected chi connectivity index (χ3v) is 5.36. The van der Waals surface area contributed by atoms with Crippen molar-refractivity contribution in [2.75, 3.05) is 0 Å². The molecule has 0 aliphatic carbocycles. The number of aromatic hydroxyl groups is 2. The van der Waals surface area contributed by atoms with Crippen molar-refractivity contribution < 1.29 is 19.8 Å². The first-order valence-corrected chi connectivity index (χ1v) is 11.0. The second-order valence-electron chi connectivity index (χ2n) is 10.3. The molecule has 32 heavy (non-hydrogen) atoms. The minimum Gasteiger partial charge on any atom is -0.508 e. The van der Waals surface area contributed by atoms with Gasteiger partial charge in [0.05, 0.1) is 0 Å². The average Bonchev–Trinajstić information content (AvgIpc) is 2.69. The molecule has 0 aliphatic heterocycles. The number of carbonyl (C=O) groups is 2. The number of carbonyl (C=O) groups excluding carboxylic acids is 2. The number of phenols is 2. The van der Waals surface area contributed by atoms with Crippen LogP contribution in [0, 0.1) is 0 Å². The van der Waals surface area contributed by atoms with Gasteiger partial charge in [-0.15, -0.1) is 0 Å². The molecule has 4 N–H and O–H groups in total. The van der Waals surface area contributed by atoms with Gasteiger partial charge in [0.15, 0.2) is 0 Å². The van der Waals surface area contributed by atoms with Gasteiger partial charge in [-0.3, -0.25) is 20.4 Å². The third-order valence-electron chi connectivity index (χ3n) is 5.36. The molecule has 0 heterocycles. The summed E-state index contributed by atoms with van der Waals surface area (Å²) in [6.07, 6.45) is 1.46. The van der Waals surface area contributed by atoms with E-state index >= 15 is 0 Å². The molecule has 2 rings (SSSR count). The molecule has 0 bridgehead atoms. The molecular formula is C26H36N2O4. The van der Waals surface area contributed by atoms with Crippen molar-refractivity contribution in [2.24, 2.45) is 0 Å². The summed E-state index contributed by atoms with van der Waals surface area (Å²) >= 11 is 0. The maximum absolute atomic E-state index is 12.1. The Morgan fingerprint density at radius 3 is 1.34 bits per heavy atom. The smallest absolute Gasteiger partial charge is 0.238 e. The zero-order valence-corrected chi connectivity index (χ0v) is 20.0. The Kier molecular flexibility index (Phi) is 7.94. The summed E-state index contributed by atoms with van der Waals surface area (Å²) in [5.41, 5.74) is 8.13. The van der Waals surface area contributed by atoms with Gasteiger partial charge in [0.25, 0.3) is 0 Å².